The standard InChI is InChI=1S/C17H17FN2O2.C14H19NO.CH3NO/c1-11-9-22-17-15(11)8-14(6-7-19-10-21)20-16(17)12-2-4-13(18)5-3-12;1-10-7-14(16-4)12(3)15(8-10)9-11(2)13-5-6-13;2-1-3/h2-5,8,10-11H,6-7,9H2,1H3,(H,19,21);7-9,13H,3,5-6H2,1-2,4H3;1H,(H2,2,3)/b;11-9+;. The maximum Gasteiger partial charge on any atom is 0.207 e. The van der Waals surface area contributed by atoms with Crippen LogP contribution < -0.4 is 15.8 Å². The molecule has 9 heteroatoms. The van der Waals surface area contributed by atoms with Crippen LogP contribution in [0.2, 0.25) is 0 Å². The van der Waals surface area contributed by atoms with E-state index in [1.54, 1.807) is 19.2 Å². The average molecular weight is 563 g/mol. The third-order valence-corrected chi connectivity index (χ3v) is 6.87. The van der Waals surface area contributed by atoms with Crippen LogP contribution in [-0.4, -0.2) is 43.0 Å². The van der Waals surface area contributed by atoms with E-state index in [4.69, 9.17) is 14.3 Å². The summed E-state index contributed by atoms with van der Waals surface area (Å²) in [5.41, 5.74) is 11.3. The monoisotopic (exact) mass is 562 g/mol. The lowest BCUT2D eigenvalue weighted by molar-refractivity contribution is -0.109. The Labute approximate surface area is 241 Å². The molecule has 3 heterocycles. The van der Waals surface area contributed by atoms with Crippen LogP contribution in [0.25, 0.3) is 11.3 Å². The van der Waals surface area contributed by atoms with Crippen LogP contribution in [0.1, 0.15) is 50.8 Å². The summed E-state index contributed by atoms with van der Waals surface area (Å²) in [5, 5.41) is 2.64. The van der Waals surface area contributed by atoms with Crippen molar-refractivity contribution in [3.05, 3.63) is 95.1 Å². The number of pyridine rings is 1. The fourth-order valence-electron chi connectivity index (χ4n) is 4.52. The molecular weight excluding hydrogens is 523 g/mol. The Bertz CT molecular complexity index is 1330. The van der Waals surface area contributed by atoms with Crippen molar-refractivity contribution >= 4 is 12.8 Å². The van der Waals surface area contributed by atoms with Gasteiger partial charge in [-0.2, -0.15) is 0 Å². The number of methoxy groups -OCH3 is 1. The molecule has 0 radical (unpaired) electrons. The number of halogens is 1. The number of amides is 2. The SMILES string of the molecule is C=C1C(OC)=CC(C)=CN1/C=C(\C)C1CC1.CC1COc2c1cc(CCNC=O)nc2-c1ccc(F)cc1.NC=O. The molecule has 0 bridgehead atoms. The Kier molecular flexibility index (Phi) is 11.3. The Morgan fingerprint density at radius 3 is 2.59 bits per heavy atom. The molecule has 1 unspecified atom stereocenters. The maximum atomic E-state index is 13.1. The molecule has 1 aromatic heterocycles. The highest BCUT2D eigenvalue weighted by Gasteiger charge is 2.26. The quantitative estimate of drug-likeness (QED) is 0.332. The van der Waals surface area contributed by atoms with Gasteiger partial charge in [0.2, 0.25) is 12.8 Å². The molecule has 218 valence electrons. The van der Waals surface area contributed by atoms with Gasteiger partial charge in [0.25, 0.3) is 0 Å². The zero-order valence-corrected chi connectivity index (χ0v) is 24.2. The molecule has 1 aromatic carbocycles. The molecule has 1 saturated carbocycles. The first-order chi connectivity index (χ1) is 19.7. The van der Waals surface area contributed by atoms with E-state index in [9.17, 15) is 9.18 Å². The topological polar surface area (TPSA) is 107 Å². The minimum Gasteiger partial charge on any atom is -0.495 e. The third kappa shape index (κ3) is 8.54. The van der Waals surface area contributed by atoms with Gasteiger partial charge in [-0.3, -0.25) is 9.59 Å². The van der Waals surface area contributed by atoms with Crippen LogP contribution in [-0.2, 0) is 20.7 Å². The summed E-state index contributed by atoms with van der Waals surface area (Å²) < 4.78 is 24.2. The van der Waals surface area contributed by atoms with E-state index in [0.29, 0.717) is 31.9 Å². The van der Waals surface area contributed by atoms with Crippen molar-refractivity contribution in [3.63, 3.8) is 0 Å². The lowest BCUT2D eigenvalue weighted by atomic mass is 9.99. The van der Waals surface area contributed by atoms with Gasteiger partial charge in [0.15, 0.2) is 0 Å². The molecule has 41 heavy (non-hydrogen) atoms. The van der Waals surface area contributed by atoms with Gasteiger partial charge < -0.3 is 25.4 Å². The number of fused-ring (bicyclic) bond motifs is 1. The highest BCUT2D eigenvalue weighted by molar-refractivity contribution is 5.70. The summed E-state index contributed by atoms with van der Waals surface area (Å²) in [6, 6.07) is 8.28. The molecule has 8 nitrogen and oxygen atoms in total. The Morgan fingerprint density at radius 1 is 1.29 bits per heavy atom. The smallest absolute Gasteiger partial charge is 0.207 e. The molecule has 2 amide bonds. The van der Waals surface area contributed by atoms with E-state index in [2.05, 4.69) is 60.7 Å². The van der Waals surface area contributed by atoms with Gasteiger partial charge in [-0.25, -0.2) is 9.37 Å². The number of ether oxygens (including phenoxy) is 2. The average Bonchev–Trinajstić information content (AvgIpc) is 3.75. The minimum absolute atomic E-state index is 0.250. The normalized spacial score (nSPS) is 17.4. The number of allylic oxidation sites excluding steroid dienone is 3. The van der Waals surface area contributed by atoms with Crippen LogP contribution in [0.3, 0.4) is 0 Å². The first kappa shape index (κ1) is 31.1. The number of carbonyl (C=O) groups is 2. The summed E-state index contributed by atoms with van der Waals surface area (Å²) in [6.07, 6.45) is 10.5. The minimum atomic E-state index is -0.277. The number of nitrogens with two attached hydrogens (primary N) is 1. The molecule has 1 fully saturated rings. The lowest BCUT2D eigenvalue weighted by Gasteiger charge is -2.25. The largest absolute Gasteiger partial charge is 0.495 e. The second kappa shape index (κ2) is 14.8. The number of carbonyl (C=O) groups excluding carboxylic acids is 2. The highest BCUT2D eigenvalue weighted by Crippen LogP contribution is 2.41. The summed E-state index contributed by atoms with van der Waals surface area (Å²) >= 11 is 0. The van der Waals surface area contributed by atoms with Gasteiger partial charge in [0.05, 0.1) is 19.4 Å². The Morgan fingerprint density at radius 2 is 1.98 bits per heavy atom. The number of nitrogens with zero attached hydrogens (tertiary/aromatic N) is 2. The second-order valence-electron chi connectivity index (χ2n) is 10.1. The van der Waals surface area contributed by atoms with Gasteiger partial charge in [-0.1, -0.05) is 19.1 Å². The third-order valence-electron chi connectivity index (χ3n) is 6.87. The van der Waals surface area contributed by atoms with Crippen molar-refractivity contribution in [2.45, 2.75) is 46.0 Å². The highest BCUT2D eigenvalue weighted by atomic mass is 19.1. The molecule has 3 N–H and O–H groups in total. The molecule has 0 spiro atoms. The number of rotatable bonds is 8. The number of hydrogen-bond acceptors (Lipinski definition) is 6. The summed E-state index contributed by atoms with van der Waals surface area (Å²) in [4.78, 5) is 25.7. The fraction of sp³-hybridized carbons (Fsp3) is 0.344. The molecule has 1 aliphatic carbocycles. The first-order valence-corrected chi connectivity index (χ1v) is 13.6. The predicted octanol–water partition coefficient (Wildman–Crippen LogP) is 5.34. The first-order valence-electron chi connectivity index (χ1n) is 13.6. The van der Waals surface area contributed by atoms with Crippen LogP contribution >= 0.6 is 0 Å². The van der Waals surface area contributed by atoms with Crippen molar-refractivity contribution in [3.8, 4) is 17.0 Å². The van der Waals surface area contributed by atoms with Gasteiger partial charge >= 0.3 is 0 Å². The predicted molar refractivity (Wildman–Crippen MR) is 158 cm³/mol. The molecule has 5 rings (SSSR count). The van der Waals surface area contributed by atoms with Crippen molar-refractivity contribution in [2.24, 2.45) is 11.7 Å². The number of hydrogen-bond donors (Lipinski definition) is 2. The van der Waals surface area contributed by atoms with Crippen molar-refractivity contribution in [1.29, 1.82) is 0 Å². The second-order valence-corrected chi connectivity index (χ2v) is 10.1. The van der Waals surface area contributed by atoms with Crippen LogP contribution in [0.4, 0.5) is 4.39 Å². The maximum absolute atomic E-state index is 13.1. The molecule has 0 saturated heterocycles. The van der Waals surface area contributed by atoms with Gasteiger partial charge in [0, 0.05) is 48.1 Å². The molecular formula is C32H39FN4O4. The number of aromatic nitrogens is 1. The Hall–Kier alpha value is -4.40. The number of nitrogens with one attached hydrogen (secondary N) is 1. The van der Waals surface area contributed by atoms with Gasteiger partial charge in [-0.15, -0.1) is 0 Å². The zero-order chi connectivity index (χ0) is 29.9. The molecule has 1 atom stereocenters. The van der Waals surface area contributed by atoms with Crippen LogP contribution in [0, 0.1) is 11.7 Å². The molecule has 2 aromatic rings. The number of benzene rings is 1. The molecule has 3 aliphatic rings. The summed E-state index contributed by atoms with van der Waals surface area (Å²) in [7, 11) is 1.69. The van der Waals surface area contributed by atoms with Gasteiger partial charge in [-0.05, 0) is 74.6 Å². The fourth-order valence-corrected chi connectivity index (χ4v) is 4.52. The van der Waals surface area contributed by atoms with E-state index in [1.807, 2.05) is 12.1 Å². The van der Waals surface area contributed by atoms with E-state index in [0.717, 1.165) is 45.6 Å². The zero-order valence-electron chi connectivity index (χ0n) is 24.2. The summed E-state index contributed by atoms with van der Waals surface area (Å²) in [5.74, 6) is 2.44. The van der Waals surface area contributed by atoms with Crippen molar-refractivity contribution in [1.82, 2.24) is 15.2 Å². The lowest BCUT2D eigenvalue weighted by Crippen LogP contribution is -2.16. The van der Waals surface area contributed by atoms with Gasteiger partial charge in [0.1, 0.15) is 23.0 Å². The molecule has 2 aliphatic heterocycles. The van der Waals surface area contributed by atoms with E-state index in [-0.39, 0.29) is 12.2 Å². The van der Waals surface area contributed by atoms with Crippen molar-refractivity contribution in [2.75, 3.05) is 20.3 Å². The van der Waals surface area contributed by atoms with Crippen LogP contribution in [0.5, 0.6) is 5.75 Å². The van der Waals surface area contributed by atoms with Crippen LogP contribution in [0.15, 0.2) is 78.0 Å². The van der Waals surface area contributed by atoms with Crippen molar-refractivity contribution < 1.29 is 23.5 Å². The van der Waals surface area contributed by atoms with E-state index < -0.39 is 0 Å². The van der Waals surface area contributed by atoms with E-state index in [1.165, 1.54) is 36.1 Å². The summed E-state index contributed by atoms with van der Waals surface area (Å²) in [6.45, 7) is 11.6. The Balaban J connectivity index is 0.000000215. The van der Waals surface area contributed by atoms with E-state index >= 15 is 0 Å². The number of primary amides is 1.